The molecule has 4 aromatic carbocycles. The second-order valence-electron chi connectivity index (χ2n) is 11.1. The molecule has 2 heterocycles. The average Bonchev–Trinajstić information content (AvgIpc) is 3.39. The maximum Gasteiger partial charge on any atom is 0.136 e. The zero-order valence-corrected chi connectivity index (χ0v) is 21.7. The highest BCUT2D eigenvalue weighted by molar-refractivity contribution is 6.08. The fraction of sp³-hybridized carbons (Fsp3) is 0.171. The molecule has 0 unspecified atom stereocenters. The Balaban J connectivity index is 1.34. The number of aromatic nitrogens is 1. The molecule has 2 aromatic heterocycles. The third-order valence-electron chi connectivity index (χ3n) is 8.09. The first-order valence-corrected chi connectivity index (χ1v) is 13.1. The van der Waals surface area contributed by atoms with Crippen LogP contribution in [0.3, 0.4) is 0 Å². The minimum absolute atomic E-state index is 0.0394. The van der Waals surface area contributed by atoms with Crippen LogP contribution in [-0.4, -0.2) is 4.98 Å². The first-order valence-electron chi connectivity index (χ1n) is 13.1. The number of furan rings is 1. The van der Waals surface area contributed by atoms with Crippen molar-refractivity contribution >= 4 is 21.9 Å². The molecule has 0 radical (unpaired) electrons. The average molecular weight is 480 g/mol. The van der Waals surface area contributed by atoms with Crippen LogP contribution in [0.1, 0.15) is 50.3 Å². The normalized spacial score (nSPS) is 13.9. The molecule has 37 heavy (non-hydrogen) atoms. The summed E-state index contributed by atoms with van der Waals surface area (Å²) in [7, 11) is 0. The van der Waals surface area contributed by atoms with E-state index in [2.05, 4.69) is 125 Å². The van der Waals surface area contributed by atoms with Crippen molar-refractivity contribution in [3.05, 3.63) is 114 Å². The molecular formula is C35H29NO. The van der Waals surface area contributed by atoms with Crippen LogP contribution in [0.5, 0.6) is 0 Å². The van der Waals surface area contributed by atoms with Crippen molar-refractivity contribution in [2.24, 2.45) is 0 Å². The monoisotopic (exact) mass is 479 g/mol. The zero-order chi connectivity index (χ0) is 25.3. The van der Waals surface area contributed by atoms with Crippen molar-refractivity contribution in [2.75, 3.05) is 0 Å². The molecule has 0 fully saturated rings. The SMILES string of the molecule is CC(C)c1ccc(-c2cccc(-c3ccc4oc5cc6c(cc5c4c3)C(C)(C)c3ccccc3-6)n2)cc1. The molecule has 2 nitrogen and oxygen atoms in total. The number of benzene rings is 4. The smallest absolute Gasteiger partial charge is 0.136 e. The summed E-state index contributed by atoms with van der Waals surface area (Å²) in [5, 5.41) is 2.30. The number of rotatable bonds is 3. The van der Waals surface area contributed by atoms with Crippen molar-refractivity contribution < 1.29 is 4.42 Å². The molecule has 0 N–H and O–H groups in total. The zero-order valence-electron chi connectivity index (χ0n) is 21.7. The molecule has 180 valence electrons. The summed E-state index contributed by atoms with van der Waals surface area (Å²) < 4.78 is 6.35. The van der Waals surface area contributed by atoms with Gasteiger partial charge in [0.1, 0.15) is 11.2 Å². The van der Waals surface area contributed by atoms with E-state index >= 15 is 0 Å². The Bertz CT molecular complexity index is 1820. The highest BCUT2D eigenvalue weighted by Gasteiger charge is 2.35. The van der Waals surface area contributed by atoms with Crippen LogP contribution in [0.25, 0.3) is 55.6 Å². The Kier molecular flexibility index (Phi) is 4.72. The Morgan fingerprint density at radius 1 is 0.622 bits per heavy atom. The lowest BCUT2D eigenvalue weighted by molar-refractivity contribution is 0.658. The number of nitrogens with zero attached hydrogens (tertiary/aromatic N) is 1. The predicted molar refractivity (Wildman–Crippen MR) is 154 cm³/mol. The molecule has 0 bridgehead atoms. The van der Waals surface area contributed by atoms with E-state index < -0.39 is 0 Å². The molecule has 7 rings (SSSR count). The Hall–Kier alpha value is -4.17. The molecule has 2 heteroatoms. The lowest BCUT2D eigenvalue weighted by atomic mass is 9.82. The molecule has 0 aliphatic heterocycles. The predicted octanol–water partition coefficient (Wildman–Crippen LogP) is 9.74. The van der Waals surface area contributed by atoms with Crippen molar-refractivity contribution in [2.45, 2.75) is 39.0 Å². The fourth-order valence-electron chi connectivity index (χ4n) is 5.93. The van der Waals surface area contributed by atoms with Gasteiger partial charge in [-0.25, -0.2) is 4.98 Å². The first kappa shape index (κ1) is 22.1. The van der Waals surface area contributed by atoms with Gasteiger partial charge in [0.15, 0.2) is 0 Å². The van der Waals surface area contributed by atoms with Crippen LogP contribution in [-0.2, 0) is 5.41 Å². The summed E-state index contributed by atoms with van der Waals surface area (Å²) >= 11 is 0. The van der Waals surface area contributed by atoms with Gasteiger partial charge in [-0.1, -0.05) is 82.3 Å². The molecule has 0 atom stereocenters. The molecule has 0 amide bonds. The molecular weight excluding hydrogens is 450 g/mol. The highest BCUT2D eigenvalue weighted by Crippen LogP contribution is 2.50. The minimum Gasteiger partial charge on any atom is -0.456 e. The molecule has 6 aromatic rings. The van der Waals surface area contributed by atoms with Crippen molar-refractivity contribution in [1.82, 2.24) is 4.98 Å². The van der Waals surface area contributed by atoms with E-state index in [1.54, 1.807) is 0 Å². The van der Waals surface area contributed by atoms with Gasteiger partial charge < -0.3 is 4.42 Å². The van der Waals surface area contributed by atoms with Crippen LogP contribution < -0.4 is 0 Å². The largest absolute Gasteiger partial charge is 0.456 e. The Morgan fingerprint density at radius 3 is 2.11 bits per heavy atom. The van der Waals surface area contributed by atoms with Crippen molar-refractivity contribution in [3.8, 4) is 33.6 Å². The summed E-state index contributed by atoms with van der Waals surface area (Å²) in [6, 6.07) is 34.8. The fourth-order valence-corrected chi connectivity index (χ4v) is 5.93. The first-order chi connectivity index (χ1) is 17.9. The van der Waals surface area contributed by atoms with E-state index in [-0.39, 0.29) is 5.41 Å². The van der Waals surface area contributed by atoms with Crippen LogP contribution in [0.4, 0.5) is 0 Å². The summed E-state index contributed by atoms with van der Waals surface area (Å²) in [5.41, 5.74) is 12.7. The maximum absolute atomic E-state index is 6.35. The van der Waals surface area contributed by atoms with Crippen LogP contribution in [0.15, 0.2) is 101 Å². The molecule has 1 aliphatic carbocycles. The standard InChI is InChI=1S/C35H29NO/c1-21(2)22-12-14-23(15-13-22)31-10-7-11-32(36-31)24-16-17-33-27(18-24)28-19-30-26(20-34(28)37-33)25-8-5-6-9-29(25)35(30,3)4/h5-21H,1-4H3. The summed E-state index contributed by atoms with van der Waals surface area (Å²) in [6.07, 6.45) is 0. The highest BCUT2D eigenvalue weighted by atomic mass is 16.3. The number of fused-ring (bicyclic) bond motifs is 6. The molecule has 0 saturated carbocycles. The van der Waals surface area contributed by atoms with Crippen LogP contribution in [0.2, 0.25) is 0 Å². The van der Waals surface area contributed by atoms with Crippen molar-refractivity contribution in [1.29, 1.82) is 0 Å². The van der Waals surface area contributed by atoms with Gasteiger partial charge in [-0.2, -0.15) is 0 Å². The Labute approximate surface area is 217 Å². The van der Waals surface area contributed by atoms with Crippen LogP contribution in [0, 0.1) is 0 Å². The van der Waals surface area contributed by atoms with E-state index in [1.165, 1.54) is 27.8 Å². The summed E-state index contributed by atoms with van der Waals surface area (Å²) in [5.74, 6) is 0.519. The van der Waals surface area contributed by atoms with E-state index in [9.17, 15) is 0 Å². The number of hydrogen-bond acceptors (Lipinski definition) is 2. The van der Waals surface area contributed by atoms with E-state index in [4.69, 9.17) is 9.40 Å². The van der Waals surface area contributed by atoms with Crippen LogP contribution >= 0.6 is 0 Å². The van der Waals surface area contributed by atoms with Gasteiger partial charge in [0, 0.05) is 27.3 Å². The topological polar surface area (TPSA) is 26.0 Å². The van der Waals surface area contributed by atoms with Gasteiger partial charge in [-0.05, 0) is 76.2 Å². The van der Waals surface area contributed by atoms with E-state index in [1.807, 2.05) is 0 Å². The summed E-state index contributed by atoms with van der Waals surface area (Å²) in [6.45, 7) is 9.08. The van der Waals surface area contributed by atoms with Gasteiger partial charge in [-0.15, -0.1) is 0 Å². The molecule has 0 spiro atoms. The second kappa shape index (κ2) is 7.91. The summed E-state index contributed by atoms with van der Waals surface area (Å²) in [4.78, 5) is 5.04. The third-order valence-corrected chi connectivity index (χ3v) is 8.09. The van der Waals surface area contributed by atoms with E-state index in [0.717, 1.165) is 44.5 Å². The quantitative estimate of drug-likeness (QED) is 0.252. The van der Waals surface area contributed by atoms with Crippen molar-refractivity contribution in [3.63, 3.8) is 0 Å². The third kappa shape index (κ3) is 3.36. The lowest BCUT2D eigenvalue weighted by Gasteiger charge is -2.21. The van der Waals surface area contributed by atoms with Gasteiger partial charge in [0.25, 0.3) is 0 Å². The second-order valence-corrected chi connectivity index (χ2v) is 11.1. The van der Waals surface area contributed by atoms with Gasteiger partial charge in [-0.3, -0.25) is 0 Å². The number of pyridine rings is 1. The lowest BCUT2D eigenvalue weighted by Crippen LogP contribution is -2.14. The van der Waals surface area contributed by atoms with Gasteiger partial charge in [0.05, 0.1) is 11.4 Å². The minimum atomic E-state index is -0.0394. The van der Waals surface area contributed by atoms with E-state index in [0.29, 0.717) is 5.92 Å². The van der Waals surface area contributed by atoms with Gasteiger partial charge >= 0.3 is 0 Å². The number of hydrogen-bond donors (Lipinski definition) is 0. The molecule has 1 aliphatic rings. The maximum atomic E-state index is 6.35. The Morgan fingerprint density at radius 2 is 1.32 bits per heavy atom. The molecule has 0 saturated heterocycles. The van der Waals surface area contributed by atoms with Gasteiger partial charge in [0.2, 0.25) is 0 Å².